The van der Waals surface area contributed by atoms with Gasteiger partial charge in [0.1, 0.15) is 0 Å². The molecule has 86 valence electrons. The average Bonchev–Trinajstić information content (AvgIpc) is 2.65. The van der Waals surface area contributed by atoms with Crippen LogP contribution in [0.25, 0.3) is 0 Å². The second kappa shape index (κ2) is 4.97. The van der Waals surface area contributed by atoms with E-state index in [1.807, 2.05) is 18.2 Å². The Kier molecular flexibility index (Phi) is 3.61. The maximum Gasteiger partial charge on any atom is 0.252 e. The number of hydrogen-bond acceptors (Lipinski definition) is 2. The third-order valence-electron chi connectivity index (χ3n) is 3.00. The standard InChI is InChI=1S/C12H15BrN2O/c13-9-5-2-1-4-8(9)12(16)15-11-7-3-6-10(11)14/h1-2,4-5,10-11H,3,6-7,14H2,(H,15,16). The molecule has 16 heavy (non-hydrogen) atoms. The predicted molar refractivity (Wildman–Crippen MR) is 67.2 cm³/mol. The highest BCUT2D eigenvalue weighted by molar-refractivity contribution is 9.10. The van der Waals surface area contributed by atoms with E-state index in [2.05, 4.69) is 21.2 Å². The van der Waals surface area contributed by atoms with Gasteiger partial charge in [0, 0.05) is 16.6 Å². The first-order valence-electron chi connectivity index (χ1n) is 5.49. The molecule has 3 N–H and O–H groups in total. The summed E-state index contributed by atoms with van der Waals surface area (Å²) in [5, 5.41) is 2.99. The molecule has 0 bridgehead atoms. The van der Waals surface area contributed by atoms with Gasteiger partial charge in [-0.1, -0.05) is 12.1 Å². The smallest absolute Gasteiger partial charge is 0.252 e. The molecule has 1 saturated carbocycles. The summed E-state index contributed by atoms with van der Waals surface area (Å²) in [6, 6.07) is 7.64. The summed E-state index contributed by atoms with van der Waals surface area (Å²) in [4.78, 5) is 12.0. The van der Waals surface area contributed by atoms with E-state index >= 15 is 0 Å². The molecule has 3 nitrogen and oxygen atoms in total. The summed E-state index contributed by atoms with van der Waals surface area (Å²) < 4.78 is 0.819. The number of amides is 1. The summed E-state index contributed by atoms with van der Waals surface area (Å²) in [7, 11) is 0. The highest BCUT2D eigenvalue weighted by Crippen LogP contribution is 2.19. The molecule has 0 aromatic heterocycles. The third-order valence-corrected chi connectivity index (χ3v) is 3.70. The van der Waals surface area contributed by atoms with E-state index in [0.29, 0.717) is 5.56 Å². The molecule has 2 unspecified atom stereocenters. The maximum absolute atomic E-state index is 12.0. The molecular weight excluding hydrogens is 268 g/mol. The maximum atomic E-state index is 12.0. The van der Waals surface area contributed by atoms with Crippen LogP contribution in [0.15, 0.2) is 28.7 Å². The minimum Gasteiger partial charge on any atom is -0.348 e. The van der Waals surface area contributed by atoms with Gasteiger partial charge in [0.15, 0.2) is 0 Å². The SMILES string of the molecule is NC1CCCC1NC(=O)c1ccccc1Br. The first kappa shape index (κ1) is 11.6. The van der Waals surface area contributed by atoms with Crippen molar-refractivity contribution in [3.63, 3.8) is 0 Å². The Hall–Kier alpha value is -0.870. The van der Waals surface area contributed by atoms with Gasteiger partial charge in [-0.3, -0.25) is 4.79 Å². The van der Waals surface area contributed by atoms with Gasteiger partial charge in [-0.15, -0.1) is 0 Å². The minimum absolute atomic E-state index is 0.0465. The molecule has 0 heterocycles. The van der Waals surface area contributed by atoms with E-state index in [0.717, 1.165) is 23.7 Å². The topological polar surface area (TPSA) is 55.1 Å². The summed E-state index contributed by atoms with van der Waals surface area (Å²) in [6.07, 6.45) is 3.08. The lowest BCUT2D eigenvalue weighted by atomic mass is 10.1. The van der Waals surface area contributed by atoms with Gasteiger partial charge >= 0.3 is 0 Å². The highest BCUT2D eigenvalue weighted by atomic mass is 79.9. The molecule has 1 aliphatic carbocycles. The van der Waals surface area contributed by atoms with Crippen LogP contribution in [0.1, 0.15) is 29.6 Å². The molecule has 0 radical (unpaired) electrons. The van der Waals surface area contributed by atoms with Crippen LogP contribution in [0.2, 0.25) is 0 Å². The predicted octanol–water partition coefficient (Wildman–Crippen LogP) is 2.06. The zero-order chi connectivity index (χ0) is 11.5. The second-order valence-corrected chi connectivity index (χ2v) is 5.01. The van der Waals surface area contributed by atoms with Crippen LogP contribution in [0.5, 0.6) is 0 Å². The van der Waals surface area contributed by atoms with Crippen LogP contribution < -0.4 is 11.1 Å². The fourth-order valence-corrected chi connectivity index (χ4v) is 2.52. The van der Waals surface area contributed by atoms with Crippen molar-refractivity contribution in [1.82, 2.24) is 5.32 Å². The van der Waals surface area contributed by atoms with Gasteiger partial charge in [0.25, 0.3) is 5.91 Å². The number of halogens is 1. The van der Waals surface area contributed by atoms with Gasteiger partial charge in [-0.05, 0) is 47.3 Å². The lowest BCUT2D eigenvalue weighted by Gasteiger charge is -2.17. The number of benzene rings is 1. The van der Waals surface area contributed by atoms with E-state index in [9.17, 15) is 4.79 Å². The van der Waals surface area contributed by atoms with Crippen molar-refractivity contribution < 1.29 is 4.79 Å². The highest BCUT2D eigenvalue weighted by Gasteiger charge is 2.25. The Morgan fingerprint density at radius 1 is 1.38 bits per heavy atom. The monoisotopic (exact) mass is 282 g/mol. The number of rotatable bonds is 2. The van der Waals surface area contributed by atoms with Crippen molar-refractivity contribution in [3.05, 3.63) is 34.3 Å². The lowest BCUT2D eigenvalue weighted by molar-refractivity contribution is 0.0934. The van der Waals surface area contributed by atoms with Crippen molar-refractivity contribution in [1.29, 1.82) is 0 Å². The summed E-state index contributed by atoms with van der Waals surface area (Å²) in [5.74, 6) is -0.0465. The number of hydrogen-bond donors (Lipinski definition) is 2. The molecular formula is C12H15BrN2O. The second-order valence-electron chi connectivity index (χ2n) is 4.15. The molecule has 4 heteroatoms. The van der Waals surface area contributed by atoms with E-state index in [1.165, 1.54) is 0 Å². The Balaban J connectivity index is 2.06. The molecule has 0 aliphatic heterocycles. The first-order valence-corrected chi connectivity index (χ1v) is 6.29. The van der Waals surface area contributed by atoms with Crippen molar-refractivity contribution in [2.24, 2.45) is 5.73 Å². The van der Waals surface area contributed by atoms with E-state index in [-0.39, 0.29) is 18.0 Å². The molecule has 1 aromatic carbocycles. The summed E-state index contributed by atoms with van der Waals surface area (Å²) >= 11 is 3.37. The largest absolute Gasteiger partial charge is 0.348 e. The van der Waals surface area contributed by atoms with Gasteiger partial charge in [-0.25, -0.2) is 0 Å². The number of carbonyl (C=O) groups is 1. The van der Waals surface area contributed by atoms with Crippen LogP contribution in [0, 0.1) is 0 Å². The van der Waals surface area contributed by atoms with E-state index in [4.69, 9.17) is 5.73 Å². The molecule has 1 fully saturated rings. The average molecular weight is 283 g/mol. The molecule has 1 aromatic rings. The van der Waals surface area contributed by atoms with Crippen molar-refractivity contribution in [3.8, 4) is 0 Å². The van der Waals surface area contributed by atoms with Crippen LogP contribution in [0.4, 0.5) is 0 Å². The lowest BCUT2D eigenvalue weighted by Crippen LogP contribution is -2.44. The van der Waals surface area contributed by atoms with Crippen molar-refractivity contribution >= 4 is 21.8 Å². The molecule has 2 rings (SSSR count). The quantitative estimate of drug-likeness (QED) is 0.873. The van der Waals surface area contributed by atoms with Gasteiger partial charge in [-0.2, -0.15) is 0 Å². The Labute approximate surface area is 104 Å². The van der Waals surface area contributed by atoms with E-state index in [1.54, 1.807) is 6.07 Å². The van der Waals surface area contributed by atoms with Crippen LogP contribution in [-0.4, -0.2) is 18.0 Å². The normalized spacial score (nSPS) is 24.4. The van der Waals surface area contributed by atoms with Crippen LogP contribution >= 0.6 is 15.9 Å². The van der Waals surface area contributed by atoms with Gasteiger partial charge in [0.05, 0.1) is 5.56 Å². The van der Waals surface area contributed by atoms with Crippen LogP contribution in [0.3, 0.4) is 0 Å². The molecule has 2 atom stereocenters. The van der Waals surface area contributed by atoms with E-state index < -0.39 is 0 Å². The molecule has 0 spiro atoms. The fourth-order valence-electron chi connectivity index (χ4n) is 2.06. The zero-order valence-corrected chi connectivity index (χ0v) is 10.5. The zero-order valence-electron chi connectivity index (χ0n) is 8.95. The number of carbonyl (C=O) groups excluding carboxylic acids is 1. The Morgan fingerprint density at radius 3 is 2.75 bits per heavy atom. The Morgan fingerprint density at radius 2 is 2.12 bits per heavy atom. The molecule has 0 saturated heterocycles. The Bertz CT molecular complexity index is 394. The minimum atomic E-state index is -0.0465. The van der Waals surface area contributed by atoms with Gasteiger partial charge < -0.3 is 11.1 Å². The van der Waals surface area contributed by atoms with Crippen molar-refractivity contribution in [2.75, 3.05) is 0 Å². The van der Waals surface area contributed by atoms with Crippen molar-refractivity contribution in [2.45, 2.75) is 31.3 Å². The first-order chi connectivity index (χ1) is 7.68. The molecule has 1 amide bonds. The molecule has 1 aliphatic rings. The number of nitrogens with one attached hydrogen (secondary N) is 1. The van der Waals surface area contributed by atoms with Crippen LogP contribution in [-0.2, 0) is 0 Å². The fraction of sp³-hybridized carbons (Fsp3) is 0.417. The summed E-state index contributed by atoms with van der Waals surface area (Å²) in [5.41, 5.74) is 6.59. The number of nitrogens with two attached hydrogens (primary N) is 1. The van der Waals surface area contributed by atoms with Gasteiger partial charge in [0.2, 0.25) is 0 Å². The summed E-state index contributed by atoms with van der Waals surface area (Å²) in [6.45, 7) is 0. The third kappa shape index (κ3) is 2.44.